The quantitative estimate of drug-likeness (QED) is 0.536. The third-order valence-corrected chi connectivity index (χ3v) is 6.38. The monoisotopic (exact) mass is 392 g/mol. The minimum Gasteiger partial charge on any atom is -0.349 e. The zero-order valence-electron chi connectivity index (χ0n) is 17.9. The average Bonchev–Trinajstić information content (AvgIpc) is 3.41. The Hall–Kier alpha value is -2.56. The predicted octanol–water partition coefficient (Wildman–Crippen LogP) is 4.92. The highest BCUT2D eigenvalue weighted by Crippen LogP contribution is 2.33. The molecule has 1 aliphatic heterocycles. The summed E-state index contributed by atoms with van der Waals surface area (Å²) in [4.78, 5) is 19.9. The van der Waals surface area contributed by atoms with Gasteiger partial charge in [0.15, 0.2) is 0 Å². The Bertz CT molecular complexity index is 980. The second-order valence-electron chi connectivity index (χ2n) is 8.34. The molecule has 29 heavy (non-hydrogen) atoms. The normalized spacial score (nSPS) is 16.8. The Kier molecular flexibility index (Phi) is 5.74. The first-order valence-electron chi connectivity index (χ1n) is 10.9. The molecule has 0 saturated carbocycles. The van der Waals surface area contributed by atoms with Gasteiger partial charge in [-0.05, 0) is 63.8 Å². The summed E-state index contributed by atoms with van der Waals surface area (Å²) in [7, 11) is 2.07. The van der Waals surface area contributed by atoms with Gasteiger partial charge >= 0.3 is 0 Å². The number of hydrogen-bond acceptors (Lipinski definition) is 2. The van der Waals surface area contributed by atoms with E-state index in [0.29, 0.717) is 6.42 Å². The van der Waals surface area contributed by atoms with Crippen LogP contribution in [0.25, 0.3) is 11.0 Å². The molecule has 0 aliphatic carbocycles. The topological polar surface area (TPSA) is 43.1 Å². The van der Waals surface area contributed by atoms with Crippen molar-refractivity contribution in [3.05, 3.63) is 53.6 Å². The maximum atomic E-state index is 12.9. The van der Waals surface area contributed by atoms with Crippen LogP contribution in [0.5, 0.6) is 0 Å². The van der Waals surface area contributed by atoms with Gasteiger partial charge in [0, 0.05) is 37.9 Å². The lowest BCUT2D eigenvalue weighted by molar-refractivity contribution is -0.132. The molecule has 0 bridgehead atoms. The third-order valence-electron chi connectivity index (χ3n) is 6.38. The Morgan fingerprint density at radius 2 is 1.83 bits per heavy atom. The lowest BCUT2D eigenvalue weighted by Gasteiger charge is -2.24. The number of hydrogen-bond donors (Lipinski definition) is 0. The van der Waals surface area contributed by atoms with Crippen molar-refractivity contribution in [1.29, 1.82) is 0 Å². The summed E-state index contributed by atoms with van der Waals surface area (Å²) >= 11 is 0. The van der Waals surface area contributed by atoms with Crippen LogP contribution in [0, 0.1) is 13.8 Å². The first kappa shape index (κ1) is 19.7. The maximum Gasteiger partial charge on any atom is 0.223 e. The van der Waals surface area contributed by atoms with Gasteiger partial charge in [-0.25, -0.2) is 4.98 Å². The van der Waals surface area contributed by atoms with Gasteiger partial charge in [-0.2, -0.15) is 0 Å². The molecule has 154 valence electrons. The van der Waals surface area contributed by atoms with Gasteiger partial charge in [-0.3, -0.25) is 4.79 Å². The highest BCUT2D eigenvalue weighted by Gasteiger charge is 2.32. The van der Waals surface area contributed by atoms with Crippen molar-refractivity contribution in [2.45, 2.75) is 65.0 Å². The van der Waals surface area contributed by atoms with Gasteiger partial charge in [-0.15, -0.1) is 0 Å². The molecule has 0 radical (unpaired) electrons. The van der Waals surface area contributed by atoms with E-state index in [1.807, 2.05) is 18.2 Å². The Balaban J connectivity index is 1.32. The molecule has 1 amide bonds. The van der Waals surface area contributed by atoms with Crippen molar-refractivity contribution in [3.63, 3.8) is 0 Å². The molecule has 5 nitrogen and oxygen atoms in total. The highest BCUT2D eigenvalue weighted by atomic mass is 16.2. The molecule has 1 fully saturated rings. The first-order valence-corrected chi connectivity index (χ1v) is 10.9. The highest BCUT2D eigenvalue weighted by molar-refractivity contribution is 5.78. The second kappa shape index (κ2) is 8.44. The summed E-state index contributed by atoms with van der Waals surface area (Å²) in [5.74, 6) is 1.31. The summed E-state index contributed by atoms with van der Waals surface area (Å²) in [6.07, 6.45) is 5.89. The number of aromatic nitrogens is 3. The zero-order chi connectivity index (χ0) is 20.4. The molecule has 3 aromatic rings. The van der Waals surface area contributed by atoms with Crippen LogP contribution in [0.1, 0.15) is 61.8 Å². The van der Waals surface area contributed by atoms with E-state index >= 15 is 0 Å². The average molecular weight is 393 g/mol. The number of fused-ring (bicyclic) bond motifs is 1. The van der Waals surface area contributed by atoms with E-state index < -0.39 is 0 Å². The minimum atomic E-state index is 0.116. The number of para-hydroxylation sites is 2. The molecule has 1 saturated heterocycles. The number of carbonyl (C=O) groups is 1. The van der Waals surface area contributed by atoms with Gasteiger partial charge in [0.05, 0.1) is 17.1 Å². The number of nitrogens with zero attached hydrogens (tertiary/aromatic N) is 4. The zero-order valence-corrected chi connectivity index (χ0v) is 17.9. The Labute approximate surface area is 173 Å². The van der Waals surface area contributed by atoms with E-state index in [-0.39, 0.29) is 11.9 Å². The van der Waals surface area contributed by atoms with Crippen LogP contribution >= 0.6 is 0 Å². The van der Waals surface area contributed by atoms with Crippen LogP contribution in [-0.4, -0.2) is 31.5 Å². The number of unbranched alkanes of at least 4 members (excludes halogenated alkanes) is 2. The number of aryl methyl sites for hydroxylation is 3. The molecule has 4 rings (SSSR count). The fourth-order valence-electron chi connectivity index (χ4n) is 4.71. The van der Waals surface area contributed by atoms with Gasteiger partial charge in [-0.1, -0.05) is 18.6 Å². The van der Waals surface area contributed by atoms with E-state index in [0.717, 1.165) is 62.1 Å². The number of rotatable bonds is 7. The van der Waals surface area contributed by atoms with Gasteiger partial charge < -0.3 is 14.0 Å². The number of imidazole rings is 1. The molecule has 1 aliphatic rings. The molecule has 1 aromatic carbocycles. The smallest absolute Gasteiger partial charge is 0.223 e. The molecule has 1 unspecified atom stereocenters. The van der Waals surface area contributed by atoms with Crippen molar-refractivity contribution >= 4 is 16.9 Å². The van der Waals surface area contributed by atoms with Crippen LogP contribution in [0.3, 0.4) is 0 Å². The molecule has 0 N–H and O–H groups in total. The van der Waals surface area contributed by atoms with E-state index in [4.69, 9.17) is 4.98 Å². The fraction of sp³-hybridized carbons (Fsp3) is 0.500. The maximum absolute atomic E-state index is 12.9. The summed E-state index contributed by atoms with van der Waals surface area (Å²) in [5, 5.41) is 0. The van der Waals surface area contributed by atoms with Gasteiger partial charge in [0.25, 0.3) is 0 Å². The van der Waals surface area contributed by atoms with Crippen LogP contribution in [0.4, 0.5) is 0 Å². The van der Waals surface area contributed by atoms with Crippen molar-refractivity contribution in [1.82, 2.24) is 19.0 Å². The standard InChI is InChI=1S/C24H32N4O/c1-18-14-15-19(2)27(18)16-8-4-5-13-23(29)28-17-9-12-22(28)24-25-20-10-6-7-11-21(20)26(24)3/h6-7,10-11,14-15,22H,4-5,8-9,12-13,16-17H2,1-3H3. The van der Waals surface area contributed by atoms with Crippen molar-refractivity contribution < 1.29 is 4.79 Å². The van der Waals surface area contributed by atoms with E-state index in [1.54, 1.807) is 0 Å². The van der Waals surface area contributed by atoms with Crippen molar-refractivity contribution in [2.24, 2.45) is 7.05 Å². The predicted molar refractivity (Wildman–Crippen MR) is 117 cm³/mol. The molecule has 0 spiro atoms. The SMILES string of the molecule is Cc1ccc(C)n1CCCCCC(=O)N1CCCC1c1nc2ccccc2n1C. The van der Waals surface area contributed by atoms with E-state index in [1.165, 1.54) is 11.4 Å². The molecule has 3 heterocycles. The Morgan fingerprint density at radius 3 is 2.59 bits per heavy atom. The van der Waals surface area contributed by atoms with Gasteiger partial charge in [0.1, 0.15) is 5.82 Å². The molecule has 5 heteroatoms. The number of benzene rings is 1. The van der Waals surface area contributed by atoms with Crippen molar-refractivity contribution in [2.75, 3.05) is 6.54 Å². The number of amides is 1. The van der Waals surface area contributed by atoms with E-state index in [2.05, 4.69) is 53.1 Å². The van der Waals surface area contributed by atoms with Crippen LogP contribution in [0.2, 0.25) is 0 Å². The molecular formula is C24H32N4O. The van der Waals surface area contributed by atoms with Crippen molar-refractivity contribution in [3.8, 4) is 0 Å². The lowest BCUT2D eigenvalue weighted by atomic mass is 10.1. The van der Waals surface area contributed by atoms with Crippen LogP contribution < -0.4 is 0 Å². The lowest BCUT2D eigenvalue weighted by Crippen LogP contribution is -2.31. The largest absolute Gasteiger partial charge is 0.349 e. The molecule has 2 aromatic heterocycles. The number of carbonyl (C=O) groups excluding carboxylic acids is 1. The second-order valence-corrected chi connectivity index (χ2v) is 8.34. The first-order chi connectivity index (χ1) is 14.1. The molecular weight excluding hydrogens is 360 g/mol. The summed E-state index contributed by atoms with van der Waals surface area (Å²) < 4.78 is 4.53. The van der Waals surface area contributed by atoms with E-state index in [9.17, 15) is 4.79 Å². The van der Waals surface area contributed by atoms with Crippen LogP contribution in [0.15, 0.2) is 36.4 Å². The molecule has 1 atom stereocenters. The summed E-state index contributed by atoms with van der Waals surface area (Å²) in [6, 6.07) is 12.7. The minimum absolute atomic E-state index is 0.116. The summed E-state index contributed by atoms with van der Waals surface area (Å²) in [6.45, 7) is 6.22. The summed E-state index contributed by atoms with van der Waals surface area (Å²) in [5.41, 5.74) is 4.79. The number of likely N-dealkylation sites (tertiary alicyclic amines) is 1. The third kappa shape index (κ3) is 3.96. The van der Waals surface area contributed by atoms with Crippen LogP contribution in [-0.2, 0) is 18.4 Å². The Morgan fingerprint density at radius 1 is 1.07 bits per heavy atom. The fourth-order valence-corrected chi connectivity index (χ4v) is 4.71. The van der Waals surface area contributed by atoms with Gasteiger partial charge in [0.2, 0.25) is 5.91 Å².